The van der Waals surface area contributed by atoms with Crippen molar-refractivity contribution < 1.29 is 36.7 Å². The fraction of sp³-hybridized carbons (Fsp3) is 0.444. The molecule has 2 unspecified atom stereocenters. The molecule has 0 saturated carbocycles. The first-order valence-electron chi connectivity index (χ1n) is 16.4. The van der Waals surface area contributed by atoms with E-state index in [2.05, 4.69) is 16.0 Å². The number of amides is 3. The minimum Gasteiger partial charge on any atom is -0.444 e. The predicted octanol–water partition coefficient (Wildman–Crippen LogP) is 6.66. The van der Waals surface area contributed by atoms with Crippen molar-refractivity contribution in [3.63, 3.8) is 0 Å². The molecule has 0 fully saturated rings. The number of nitrogens with one attached hydrogen (secondary N) is 3. The van der Waals surface area contributed by atoms with E-state index in [4.69, 9.17) is 9.16 Å². The predicted molar refractivity (Wildman–Crippen MR) is 188 cm³/mol. The molecule has 3 N–H and O–H groups in total. The molecule has 3 aromatic rings. The van der Waals surface area contributed by atoms with Crippen LogP contribution in [0, 0.1) is 5.92 Å². The molecule has 50 heavy (non-hydrogen) atoms. The van der Waals surface area contributed by atoms with Crippen molar-refractivity contribution in [2.45, 2.75) is 90.6 Å². The fourth-order valence-corrected chi connectivity index (χ4v) is 6.02. The Labute approximate surface area is 291 Å². The molecule has 1 heterocycles. The van der Waals surface area contributed by atoms with E-state index in [1.165, 1.54) is 12.3 Å². The van der Waals surface area contributed by atoms with Crippen LogP contribution in [0.2, 0.25) is 18.1 Å². The SMILES string of the molecule is CC(C)C(NC(=O)Cn1ccc(C(=O)NCCc2ccccc2)c(NC(=O)OCc2ccccc2)c1=O)C(O[Si](C)(C)C(C)(C)C)C(F)(F)F. The smallest absolute Gasteiger partial charge is 0.415 e. The quantitative estimate of drug-likeness (QED) is 0.160. The standard InChI is InChI=1S/C36H47F3N4O6Si/c1-24(2)29(31(36(37,38)39)49-50(6,7)35(3,4)5)41-28(44)22-43-21-19-27(32(45)40-20-18-25-14-10-8-11-15-25)30(33(43)46)42-34(47)48-23-26-16-12-9-13-17-26/h8-17,19,21,24,29,31H,18,20,22-23H2,1-7H3,(H,40,45)(H,41,44)(H,42,47). The Hall–Kier alpha value is -4.43. The number of halogens is 3. The number of hydrogen-bond donors (Lipinski definition) is 3. The highest BCUT2D eigenvalue weighted by Crippen LogP contribution is 2.41. The first kappa shape index (κ1) is 40.0. The molecule has 1 aromatic heterocycles. The van der Waals surface area contributed by atoms with Crippen LogP contribution in [0.3, 0.4) is 0 Å². The van der Waals surface area contributed by atoms with Gasteiger partial charge in [0.15, 0.2) is 14.4 Å². The Balaban J connectivity index is 1.87. The maximum atomic E-state index is 14.4. The van der Waals surface area contributed by atoms with Gasteiger partial charge >= 0.3 is 12.3 Å². The Morgan fingerprint density at radius 1 is 0.900 bits per heavy atom. The number of nitrogens with zero attached hydrogens (tertiary/aromatic N) is 1. The molecule has 0 aliphatic rings. The van der Waals surface area contributed by atoms with E-state index in [1.54, 1.807) is 57.3 Å². The minimum atomic E-state index is -4.79. The van der Waals surface area contributed by atoms with Gasteiger partial charge in [-0.3, -0.25) is 19.7 Å². The van der Waals surface area contributed by atoms with Gasteiger partial charge in [0.25, 0.3) is 11.5 Å². The molecule has 3 amide bonds. The molecular formula is C36H47F3N4O6Si. The van der Waals surface area contributed by atoms with E-state index >= 15 is 0 Å². The second-order valence-corrected chi connectivity index (χ2v) is 18.6. The van der Waals surface area contributed by atoms with Gasteiger partial charge in [0.1, 0.15) is 18.8 Å². The fourth-order valence-electron chi connectivity index (χ4n) is 4.75. The maximum absolute atomic E-state index is 14.4. The first-order valence-corrected chi connectivity index (χ1v) is 19.3. The summed E-state index contributed by atoms with van der Waals surface area (Å²) in [4.78, 5) is 53.0. The third-order valence-corrected chi connectivity index (χ3v) is 13.1. The largest absolute Gasteiger partial charge is 0.444 e. The summed E-state index contributed by atoms with van der Waals surface area (Å²) < 4.78 is 55.3. The van der Waals surface area contributed by atoms with Crippen LogP contribution < -0.4 is 21.5 Å². The van der Waals surface area contributed by atoms with E-state index in [-0.39, 0.29) is 18.7 Å². The molecule has 0 aliphatic heterocycles. The molecule has 0 saturated heterocycles. The van der Waals surface area contributed by atoms with E-state index in [1.807, 2.05) is 51.1 Å². The summed E-state index contributed by atoms with van der Waals surface area (Å²) in [5.74, 6) is -2.24. The number of carbonyl (C=O) groups excluding carboxylic acids is 3. The minimum absolute atomic E-state index is 0.122. The molecular weight excluding hydrogens is 669 g/mol. The van der Waals surface area contributed by atoms with Gasteiger partial charge in [0, 0.05) is 12.7 Å². The topological polar surface area (TPSA) is 128 Å². The van der Waals surface area contributed by atoms with Gasteiger partial charge in [-0.15, -0.1) is 0 Å². The van der Waals surface area contributed by atoms with Gasteiger partial charge in [0.05, 0.1) is 11.6 Å². The van der Waals surface area contributed by atoms with Crippen molar-refractivity contribution in [3.05, 3.63) is 100.0 Å². The highest BCUT2D eigenvalue weighted by Gasteiger charge is 2.52. The van der Waals surface area contributed by atoms with Crippen LogP contribution in [-0.2, 0) is 33.5 Å². The van der Waals surface area contributed by atoms with Gasteiger partial charge in [-0.25, -0.2) is 4.79 Å². The average Bonchev–Trinajstić information content (AvgIpc) is 3.03. The van der Waals surface area contributed by atoms with Gasteiger partial charge in [-0.1, -0.05) is 95.3 Å². The zero-order valence-electron chi connectivity index (χ0n) is 29.5. The van der Waals surface area contributed by atoms with Crippen LogP contribution in [0.25, 0.3) is 0 Å². The molecule has 3 rings (SSSR count). The van der Waals surface area contributed by atoms with Gasteiger partial charge in [-0.05, 0) is 47.7 Å². The van der Waals surface area contributed by atoms with Gasteiger partial charge in [0.2, 0.25) is 5.91 Å². The summed E-state index contributed by atoms with van der Waals surface area (Å²) >= 11 is 0. The number of aromatic nitrogens is 1. The van der Waals surface area contributed by atoms with Crippen molar-refractivity contribution in [1.82, 2.24) is 15.2 Å². The number of alkyl halides is 3. The molecule has 2 atom stereocenters. The van der Waals surface area contributed by atoms with Gasteiger partial charge < -0.3 is 24.4 Å². The Morgan fingerprint density at radius 2 is 1.48 bits per heavy atom. The molecule has 272 valence electrons. The lowest BCUT2D eigenvalue weighted by Gasteiger charge is -2.42. The number of anilines is 1. The second kappa shape index (κ2) is 17.0. The third-order valence-electron chi connectivity index (χ3n) is 8.63. The number of rotatable bonds is 14. The summed E-state index contributed by atoms with van der Waals surface area (Å²) in [6, 6.07) is 18.0. The van der Waals surface area contributed by atoms with Crippen molar-refractivity contribution in [2.75, 3.05) is 11.9 Å². The Kier molecular flexibility index (Phi) is 13.6. The van der Waals surface area contributed by atoms with E-state index in [0.29, 0.717) is 12.0 Å². The number of carbonyl (C=O) groups is 3. The summed E-state index contributed by atoms with van der Waals surface area (Å²) in [5.41, 5.74) is 0.0811. The number of ether oxygens (including phenoxy) is 1. The number of hydrogen-bond acceptors (Lipinski definition) is 6. The highest BCUT2D eigenvalue weighted by molar-refractivity contribution is 6.74. The molecule has 0 aliphatic carbocycles. The van der Waals surface area contributed by atoms with Crippen molar-refractivity contribution in [3.8, 4) is 0 Å². The Bertz CT molecular complexity index is 1660. The summed E-state index contributed by atoms with van der Waals surface area (Å²) in [5, 5.41) is 6.97. The lowest BCUT2D eigenvalue weighted by molar-refractivity contribution is -0.210. The molecule has 0 spiro atoms. The van der Waals surface area contributed by atoms with Crippen LogP contribution in [0.15, 0.2) is 77.7 Å². The van der Waals surface area contributed by atoms with Crippen LogP contribution in [-0.4, -0.2) is 55.7 Å². The zero-order chi connectivity index (χ0) is 37.3. The molecule has 10 nitrogen and oxygen atoms in total. The van der Waals surface area contributed by atoms with Crippen molar-refractivity contribution in [1.29, 1.82) is 0 Å². The lowest BCUT2D eigenvalue weighted by Crippen LogP contribution is -2.59. The lowest BCUT2D eigenvalue weighted by atomic mass is 9.98. The van der Waals surface area contributed by atoms with E-state index in [9.17, 15) is 32.3 Å². The summed E-state index contributed by atoms with van der Waals surface area (Å²) in [7, 11) is -2.94. The van der Waals surface area contributed by atoms with Crippen LogP contribution in [0.1, 0.15) is 56.1 Å². The van der Waals surface area contributed by atoms with Gasteiger partial charge in [-0.2, -0.15) is 13.2 Å². The average molecular weight is 717 g/mol. The summed E-state index contributed by atoms with van der Waals surface area (Å²) in [6.45, 7) is 11.3. The molecule has 2 aromatic carbocycles. The van der Waals surface area contributed by atoms with E-state index in [0.717, 1.165) is 10.1 Å². The monoisotopic (exact) mass is 716 g/mol. The van der Waals surface area contributed by atoms with Crippen molar-refractivity contribution >= 4 is 31.9 Å². The molecule has 0 radical (unpaired) electrons. The summed E-state index contributed by atoms with van der Waals surface area (Å²) in [6.07, 6.45) is -6.43. The van der Waals surface area contributed by atoms with Crippen LogP contribution in [0.4, 0.5) is 23.7 Å². The zero-order valence-corrected chi connectivity index (χ0v) is 30.5. The normalized spacial score (nSPS) is 13.3. The number of pyridine rings is 1. The highest BCUT2D eigenvalue weighted by atomic mass is 28.4. The molecule has 0 bridgehead atoms. The van der Waals surface area contributed by atoms with Crippen LogP contribution in [0.5, 0.6) is 0 Å². The number of benzene rings is 2. The van der Waals surface area contributed by atoms with Crippen molar-refractivity contribution in [2.24, 2.45) is 5.92 Å². The first-order chi connectivity index (χ1) is 23.3. The van der Waals surface area contributed by atoms with E-state index < -0.39 is 73.3 Å². The Morgan fingerprint density at radius 3 is 2.02 bits per heavy atom. The third kappa shape index (κ3) is 11.3. The second-order valence-electron chi connectivity index (χ2n) is 13.9. The molecule has 14 heteroatoms. The maximum Gasteiger partial charge on any atom is 0.415 e. The van der Waals surface area contributed by atoms with Crippen LogP contribution >= 0.6 is 0 Å².